The summed E-state index contributed by atoms with van der Waals surface area (Å²) in [7, 11) is 0. The lowest BCUT2D eigenvalue weighted by molar-refractivity contribution is -0.115. The van der Waals surface area contributed by atoms with E-state index in [1.807, 2.05) is 42.5 Å². The van der Waals surface area contributed by atoms with E-state index in [9.17, 15) is 9.59 Å². The van der Waals surface area contributed by atoms with Crippen LogP contribution >= 0.6 is 11.6 Å². The van der Waals surface area contributed by atoms with E-state index >= 15 is 0 Å². The van der Waals surface area contributed by atoms with Gasteiger partial charge in [0.2, 0.25) is 11.3 Å². The van der Waals surface area contributed by atoms with Crippen LogP contribution in [0.1, 0.15) is 5.56 Å². The summed E-state index contributed by atoms with van der Waals surface area (Å²) in [6.07, 6.45) is 0.243. The maximum absolute atomic E-state index is 12.7. The molecule has 5 heteroatoms. The van der Waals surface area contributed by atoms with Gasteiger partial charge in [-0.3, -0.25) is 9.59 Å². The number of anilines is 1. The number of rotatable bonds is 3. The zero-order valence-electron chi connectivity index (χ0n) is 15.8. The number of benzene rings is 4. The number of carbonyl (C=O) groups is 1. The maximum Gasteiger partial charge on any atom is 0.228 e. The van der Waals surface area contributed by atoms with Crippen LogP contribution in [-0.4, -0.2) is 5.91 Å². The smallest absolute Gasteiger partial charge is 0.228 e. The summed E-state index contributed by atoms with van der Waals surface area (Å²) in [5.41, 5.74) is 2.08. The Morgan fingerprint density at radius 3 is 2.53 bits per heavy atom. The van der Waals surface area contributed by atoms with Crippen LogP contribution in [0.3, 0.4) is 0 Å². The Kier molecular flexibility index (Phi) is 4.49. The maximum atomic E-state index is 12.7. The highest BCUT2D eigenvalue weighted by atomic mass is 35.5. The molecule has 0 spiro atoms. The van der Waals surface area contributed by atoms with Crippen LogP contribution in [0.15, 0.2) is 88.1 Å². The molecule has 0 unspecified atom stereocenters. The lowest BCUT2D eigenvalue weighted by Gasteiger charge is -2.09. The SMILES string of the molecule is O=C(Cc1cccc2ccccc12)Nc1ccc2c(=O)c3cccc(Cl)c3oc2c1. The van der Waals surface area contributed by atoms with Crippen molar-refractivity contribution in [3.05, 3.63) is 99.7 Å². The number of carbonyl (C=O) groups excluding carboxylic acids is 1. The van der Waals surface area contributed by atoms with Gasteiger partial charge in [-0.2, -0.15) is 0 Å². The van der Waals surface area contributed by atoms with E-state index in [1.165, 1.54) is 0 Å². The molecule has 5 aromatic rings. The van der Waals surface area contributed by atoms with Crippen molar-refractivity contribution >= 4 is 55.9 Å². The largest absolute Gasteiger partial charge is 0.454 e. The molecule has 1 aromatic heterocycles. The minimum atomic E-state index is -0.151. The molecule has 146 valence electrons. The van der Waals surface area contributed by atoms with E-state index < -0.39 is 0 Å². The number of fused-ring (bicyclic) bond motifs is 3. The standard InChI is InChI=1S/C25H16ClNO3/c26-21-10-4-9-20-24(29)19-12-11-17(14-22(19)30-25(20)21)27-23(28)13-16-7-3-6-15-5-1-2-8-18(15)16/h1-12,14H,13H2,(H,27,28). The summed E-state index contributed by atoms with van der Waals surface area (Å²) in [5, 5.41) is 6.29. The van der Waals surface area contributed by atoms with Crippen LogP contribution in [0.4, 0.5) is 5.69 Å². The number of halogens is 1. The van der Waals surface area contributed by atoms with E-state index in [-0.39, 0.29) is 17.8 Å². The third-order valence-electron chi connectivity index (χ3n) is 5.16. The lowest BCUT2D eigenvalue weighted by Crippen LogP contribution is -2.14. The molecule has 1 amide bonds. The molecule has 0 radical (unpaired) electrons. The minimum Gasteiger partial charge on any atom is -0.454 e. The molecular formula is C25H16ClNO3. The quantitative estimate of drug-likeness (QED) is 0.373. The number of hydrogen-bond acceptors (Lipinski definition) is 3. The predicted molar refractivity (Wildman–Crippen MR) is 121 cm³/mol. The highest BCUT2D eigenvalue weighted by Gasteiger charge is 2.12. The Morgan fingerprint density at radius 2 is 1.63 bits per heavy atom. The first-order chi connectivity index (χ1) is 14.6. The van der Waals surface area contributed by atoms with Crippen molar-refractivity contribution in [3.8, 4) is 0 Å². The molecule has 4 nitrogen and oxygen atoms in total. The zero-order valence-corrected chi connectivity index (χ0v) is 16.6. The first-order valence-electron chi connectivity index (χ1n) is 9.52. The van der Waals surface area contributed by atoms with Crippen molar-refractivity contribution in [1.29, 1.82) is 0 Å². The van der Waals surface area contributed by atoms with Gasteiger partial charge in [0.1, 0.15) is 5.58 Å². The summed E-state index contributed by atoms with van der Waals surface area (Å²) >= 11 is 6.19. The average Bonchev–Trinajstić information content (AvgIpc) is 2.75. The van der Waals surface area contributed by atoms with E-state index in [1.54, 1.807) is 36.4 Å². The van der Waals surface area contributed by atoms with Crippen LogP contribution in [0.5, 0.6) is 0 Å². The van der Waals surface area contributed by atoms with Gasteiger partial charge >= 0.3 is 0 Å². The Morgan fingerprint density at radius 1 is 0.867 bits per heavy atom. The van der Waals surface area contributed by atoms with E-state index in [0.717, 1.165) is 16.3 Å². The third-order valence-corrected chi connectivity index (χ3v) is 5.46. The highest BCUT2D eigenvalue weighted by molar-refractivity contribution is 6.34. The molecule has 30 heavy (non-hydrogen) atoms. The van der Waals surface area contributed by atoms with Crippen molar-refractivity contribution in [1.82, 2.24) is 0 Å². The Balaban J connectivity index is 1.47. The number of para-hydroxylation sites is 1. The number of nitrogens with one attached hydrogen (secondary N) is 1. The summed E-state index contributed by atoms with van der Waals surface area (Å²) in [5.74, 6) is -0.146. The van der Waals surface area contributed by atoms with Crippen molar-refractivity contribution in [3.63, 3.8) is 0 Å². The van der Waals surface area contributed by atoms with Gasteiger partial charge in [-0.1, -0.05) is 60.1 Å². The normalized spacial score (nSPS) is 11.2. The molecule has 0 aliphatic heterocycles. The third kappa shape index (κ3) is 3.21. The molecule has 0 saturated carbocycles. The van der Waals surface area contributed by atoms with E-state index in [4.69, 9.17) is 16.0 Å². The number of amides is 1. The summed E-state index contributed by atoms with van der Waals surface area (Å²) in [4.78, 5) is 25.4. The van der Waals surface area contributed by atoms with Gasteiger partial charge in [-0.05, 0) is 40.6 Å². The van der Waals surface area contributed by atoms with Crippen LogP contribution in [0.25, 0.3) is 32.7 Å². The van der Waals surface area contributed by atoms with Gasteiger partial charge in [-0.25, -0.2) is 0 Å². The van der Waals surface area contributed by atoms with Gasteiger partial charge in [0.25, 0.3) is 0 Å². The molecule has 0 aliphatic carbocycles. The Hall–Kier alpha value is -3.63. The molecule has 1 heterocycles. The fourth-order valence-corrected chi connectivity index (χ4v) is 3.96. The molecule has 5 rings (SSSR count). The van der Waals surface area contributed by atoms with Crippen LogP contribution in [-0.2, 0) is 11.2 Å². The Labute approximate surface area is 176 Å². The fourth-order valence-electron chi connectivity index (χ4n) is 3.74. The number of hydrogen-bond donors (Lipinski definition) is 1. The topological polar surface area (TPSA) is 59.3 Å². The Bertz CT molecular complexity index is 1500. The summed E-state index contributed by atoms with van der Waals surface area (Å²) in [6, 6.07) is 24.0. The molecular weight excluding hydrogens is 398 g/mol. The first kappa shape index (κ1) is 18.4. The molecule has 0 bridgehead atoms. The second-order valence-electron chi connectivity index (χ2n) is 7.12. The molecule has 0 atom stereocenters. The van der Waals surface area contributed by atoms with Crippen LogP contribution in [0.2, 0.25) is 5.02 Å². The van der Waals surface area contributed by atoms with Gasteiger partial charge < -0.3 is 9.73 Å². The van der Waals surface area contributed by atoms with Crippen molar-refractivity contribution in [2.75, 3.05) is 5.32 Å². The predicted octanol–water partition coefficient (Wildman–Crippen LogP) is 5.93. The van der Waals surface area contributed by atoms with E-state index in [0.29, 0.717) is 32.6 Å². The monoisotopic (exact) mass is 413 g/mol. The minimum absolute atomic E-state index is 0.146. The van der Waals surface area contributed by atoms with E-state index in [2.05, 4.69) is 5.32 Å². The van der Waals surface area contributed by atoms with Crippen molar-refractivity contribution in [2.24, 2.45) is 0 Å². The van der Waals surface area contributed by atoms with Gasteiger partial charge in [0.05, 0.1) is 22.2 Å². The van der Waals surface area contributed by atoms with Gasteiger partial charge in [-0.15, -0.1) is 0 Å². The zero-order chi connectivity index (χ0) is 20.7. The van der Waals surface area contributed by atoms with Crippen LogP contribution < -0.4 is 10.7 Å². The second-order valence-corrected chi connectivity index (χ2v) is 7.53. The molecule has 0 aliphatic rings. The van der Waals surface area contributed by atoms with Crippen molar-refractivity contribution in [2.45, 2.75) is 6.42 Å². The first-order valence-corrected chi connectivity index (χ1v) is 9.89. The summed E-state index contributed by atoms with van der Waals surface area (Å²) < 4.78 is 5.87. The van der Waals surface area contributed by atoms with Gasteiger partial charge in [0, 0.05) is 11.8 Å². The second kappa shape index (κ2) is 7.32. The van der Waals surface area contributed by atoms with Crippen LogP contribution in [0, 0.1) is 0 Å². The fraction of sp³-hybridized carbons (Fsp3) is 0.0400. The molecule has 1 N–H and O–H groups in total. The molecule has 4 aromatic carbocycles. The average molecular weight is 414 g/mol. The van der Waals surface area contributed by atoms with Gasteiger partial charge in [0.15, 0.2) is 5.58 Å². The summed E-state index contributed by atoms with van der Waals surface area (Å²) in [6.45, 7) is 0. The highest BCUT2D eigenvalue weighted by Crippen LogP contribution is 2.27. The molecule has 0 saturated heterocycles. The molecule has 0 fully saturated rings. The lowest BCUT2D eigenvalue weighted by atomic mass is 10.0. The van der Waals surface area contributed by atoms with Crippen molar-refractivity contribution < 1.29 is 9.21 Å².